The van der Waals surface area contributed by atoms with E-state index >= 15 is 0 Å². The average Bonchev–Trinajstić information content (AvgIpc) is 2.40. The third-order valence-electron chi connectivity index (χ3n) is 3.30. The highest BCUT2D eigenvalue weighted by molar-refractivity contribution is 5.48. The van der Waals surface area contributed by atoms with Gasteiger partial charge >= 0.3 is 0 Å². The van der Waals surface area contributed by atoms with Gasteiger partial charge in [-0.2, -0.15) is 0 Å². The molecule has 1 aromatic rings. The smallest absolute Gasteiger partial charge is 0.0722 e. The standard InChI is InChI=1S/C15H24N2O/c1-3-8-16-11-14-4-6-15(7-5-14)17-9-10-18-13(2)12-17/h4-7,13,16H,3,8-12H2,1-2H3. The molecule has 3 nitrogen and oxygen atoms in total. The molecule has 1 heterocycles. The van der Waals surface area contributed by atoms with Crippen LogP contribution >= 0.6 is 0 Å². The van der Waals surface area contributed by atoms with Crippen LogP contribution in [0.4, 0.5) is 5.69 Å². The number of morpholine rings is 1. The Hall–Kier alpha value is -1.06. The highest BCUT2D eigenvalue weighted by atomic mass is 16.5. The molecule has 1 unspecified atom stereocenters. The second-order valence-electron chi connectivity index (χ2n) is 4.97. The number of ether oxygens (including phenoxy) is 1. The van der Waals surface area contributed by atoms with Crippen molar-refractivity contribution >= 4 is 5.69 Å². The van der Waals surface area contributed by atoms with Gasteiger partial charge in [0.15, 0.2) is 0 Å². The van der Waals surface area contributed by atoms with E-state index in [1.54, 1.807) is 0 Å². The lowest BCUT2D eigenvalue weighted by molar-refractivity contribution is 0.0532. The summed E-state index contributed by atoms with van der Waals surface area (Å²) >= 11 is 0. The lowest BCUT2D eigenvalue weighted by Crippen LogP contribution is -2.41. The first kappa shape index (κ1) is 13.4. The Bertz CT molecular complexity index is 350. The van der Waals surface area contributed by atoms with Crippen LogP contribution in [0.3, 0.4) is 0 Å². The molecule has 1 saturated heterocycles. The number of rotatable bonds is 5. The van der Waals surface area contributed by atoms with E-state index in [2.05, 4.69) is 48.3 Å². The molecular weight excluding hydrogens is 224 g/mol. The molecular formula is C15H24N2O. The maximum atomic E-state index is 5.57. The van der Waals surface area contributed by atoms with Crippen molar-refractivity contribution in [2.24, 2.45) is 0 Å². The summed E-state index contributed by atoms with van der Waals surface area (Å²) in [6, 6.07) is 8.89. The summed E-state index contributed by atoms with van der Waals surface area (Å²) in [5.41, 5.74) is 2.66. The summed E-state index contributed by atoms with van der Waals surface area (Å²) in [6.07, 6.45) is 1.52. The number of nitrogens with zero attached hydrogens (tertiary/aromatic N) is 1. The van der Waals surface area contributed by atoms with Gasteiger partial charge in [-0.25, -0.2) is 0 Å². The van der Waals surface area contributed by atoms with Crippen molar-refractivity contribution in [3.8, 4) is 0 Å². The molecule has 100 valence electrons. The van der Waals surface area contributed by atoms with Gasteiger partial charge in [0.2, 0.25) is 0 Å². The van der Waals surface area contributed by atoms with Gasteiger partial charge in [-0.05, 0) is 37.6 Å². The second kappa shape index (κ2) is 6.76. The van der Waals surface area contributed by atoms with Crippen LogP contribution in [0.1, 0.15) is 25.8 Å². The van der Waals surface area contributed by atoms with E-state index in [9.17, 15) is 0 Å². The van der Waals surface area contributed by atoms with E-state index in [0.29, 0.717) is 6.10 Å². The molecule has 0 aliphatic carbocycles. The maximum Gasteiger partial charge on any atom is 0.0722 e. The zero-order chi connectivity index (χ0) is 12.8. The molecule has 3 heteroatoms. The second-order valence-corrected chi connectivity index (χ2v) is 4.97. The van der Waals surface area contributed by atoms with E-state index in [1.165, 1.54) is 17.7 Å². The molecule has 0 aromatic heterocycles. The Labute approximate surface area is 110 Å². The number of benzene rings is 1. The summed E-state index contributed by atoms with van der Waals surface area (Å²) in [5, 5.41) is 3.42. The lowest BCUT2D eigenvalue weighted by Gasteiger charge is -2.33. The highest BCUT2D eigenvalue weighted by Gasteiger charge is 2.16. The molecule has 1 aliphatic heterocycles. The minimum absolute atomic E-state index is 0.338. The summed E-state index contributed by atoms with van der Waals surface area (Å²) in [5.74, 6) is 0. The third-order valence-corrected chi connectivity index (χ3v) is 3.30. The van der Waals surface area contributed by atoms with Crippen LogP contribution in [0, 0.1) is 0 Å². The molecule has 0 spiro atoms. The Morgan fingerprint density at radius 3 is 2.78 bits per heavy atom. The fourth-order valence-electron chi connectivity index (χ4n) is 2.29. The SMILES string of the molecule is CCCNCc1ccc(N2CCOC(C)C2)cc1. The van der Waals surface area contributed by atoms with Crippen molar-refractivity contribution in [2.45, 2.75) is 32.9 Å². The maximum absolute atomic E-state index is 5.57. The van der Waals surface area contributed by atoms with E-state index in [4.69, 9.17) is 4.74 Å². The first-order chi connectivity index (χ1) is 8.79. The fourth-order valence-corrected chi connectivity index (χ4v) is 2.29. The van der Waals surface area contributed by atoms with Gasteiger partial charge in [-0.15, -0.1) is 0 Å². The zero-order valence-corrected chi connectivity index (χ0v) is 11.5. The highest BCUT2D eigenvalue weighted by Crippen LogP contribution is 2.18. The van der Waals surface area contributed by atoms with Crippen LogP contribution in [0.2, 0.25) is 0 Å². The molecule has 0 saturated carbocycles. The van der Waals surface area contributed by atoms with Gasteiger partial charge < -0.3 is 15.0 Å². The van der Waals surface area contributed by atoms with Crippen molar-refractivity contribution in [3.05, 3.63) is 29.8 Å². The zero-order valence-electron chi connectivity index (χ0n) is 11.5. The normalized spacial score (nSPS) is 20.1. The van der Waals surface area contributed by atoms with E-state index in [-0.39, 0.29) is 0 Å². The summed E-state index contributed by atoms with van der Waals surface area (Å²) in [6.45, 7) is 9.20. The molecule has 2 rings (SSSR count). The third kappa shape index (κ3) is 3.72. The largest absolute Gasteiger partial charge is 0.375 e. The van der Waals surface area contributed by atoms with Crippen LogP contribution < -0.4 is 10.2 Å². The molecule has 1 aliphatic rings. The molecule has 1 atom stereocenters. The molecule has 0 amide bonds. The van der Waals surface area contributed by atoms with Crippen LogP contribution in [0.15, 0.2) is 24.3 Å². The molecule has 1 N–H and O–H groups in total. The van der Waals surface area contributed by atoms with Crippen LogP contribution in [0.5, 0.6) is 0 Å². The van der Waals surface area contributed by atoms with Gasteiger partial charge in [0.05, 0.1) is 12.7 Å². The molecule has 0 bridgehead atoms. The molecule has 0 radical (unpaired) electrons. The van der Waals surface area contributed by atoms with Crippen molar-refractivity contribution < 1.29 is 4.74 Å². The van der Waals surface area contributed by atoms with Gasteiger partial charge in [0.1, 0.15) is 0 Å². The van der Waals surface area contributed by atoms with Crippen LogP contribution in [0.25, 0.3) is 0 Å². The quantitative estimate of drug-likeness (QED) is 0.810. The Kier molecular flexibility index (Phi) is 5.02. The Balaban J connectivity index is 1.90. The average molecular weight is 248 g/mol. The predicted molar refractivity (Wildman–Crippen MR) is 76.1 cm³/mol. The first-order valence-corrected chi connectivity index (χ1v) is 6.96. The van der Waals surface area contributed by atoms with Crippen molar-refractivity contribution in [3.63, 3.8) is 0 Å². The van der Waals surface area contributed by atoms with E-state index in [1.807, 2.05) is 0 Å². The topological polar surface area (TPSA) is 24.5 Å². The number of nitrogens with one attached hydrogen (secondary N) is 1. The van der Waals surface area contributed by atoms with Crippen molar-refractivity contribution in [2.75, 3.05) is 31.1 Å². The lowest BCUT2D eigenvalue weighted by atomic mass is 10.1. The summed E-state index contributed by atoms with van der Waals surface area (Å²) in [4.78, 5) is 2.40. The summed E-state index contributed by atoms with van der Waals surface area (Å²) < 4.78 is 5.57. The number of hydrogen-bond donors (Lipinski definition) is 1. The fraction of sp³-hybridized carbons (Fsp3) is 0.600. The Morgan fingerprint density at radius 2 is 2.11 bits per heavy atom. The van der Waals surface area contributed by atoms with Gasteiger partial charge in [-0.3, -0.25) is 0 Å². The Morgan fingerprint density at radius 1 is 1.33 bits per heavy atom. The minimum Gasteiger partial charge on any atom is -0.375 e. The number of anilines is 1. The van der Waals surface area contributed by atoms with Crippen molar-refractivity contribution in [1.29, 1.82) is 0 Å². The van der Waals surface area contributed by atoms with Gasteiger partial charge in [0.25, 0.3) is 0 Å². The monoisotopic (exact) mass is 248 g/mol. The predicted octanol–water partition coefficient (Wildman–Crippen LogP) is 2.41. The first-order valence-electron chi connectivity index (χ1n) is 6.96. The molecule has 18 heavy (non-hydrogen) atoms. The molecule has 1 aromatic carbocycles. The van der Waals surface area contributed by atoms with Crippen LogP contribution in [-0.2, 0) is 11.3 Å². The van der Waals surface area contributed by atoms with E-state index in [0.717, 1.165) is 32.8 Å². The van der Waals surface area contributed by atoms with E-state index < -0.39 is 0 Å². The summed E-state index contributed by atoms with van der Waals surface area (Å²) in [7, 11) is 0. The van der Waals surface area contributed by atoms with Crippen LogP contribution in [-0.4, -0.2) is 32.3 Å². The van der Waals surface area contributed by atoms with Crippen molar-refractivity contribution in [1.82, 2.24) is 5.32 Å². The minimum atomic E-state index is 0.338. The molecule has 1 fully saturated rings. The van der Waals surface area contributed by atoms with Gasteiger partial charge in [-0.1, -0.05) is 19.1 Å². The van der Waals surface area contributed by atoms with Gasteiger partial charge in [0, 0.05) is 25.3 Å². The number of hydrogen-bond acceptors (Lipinski definition) is 3.